The number of ether oxygens (including phenoxy) is 1. The van der Waals surface area contributed by atoms with Crippen molar-refractivity contribution >= 4 is 34.0 Å². The standard InChI is InChI=1S/C16H27N3O4S.ClH/c1-12-13(18-15(20)11-17-9-10-23-5)7-6-8-14(12)24(21,22)19-16(2,3)4;/h6-8,17,19H,9-11H2,1-5H3,(H,18,20);1H. The van der Waals surface area contributed by atoms with E-state index in [4.69, 9.17) is 4.74 Å². The Morgan fingerprint density at radius 2 is 1.88 bits per heavy atom. The zero-order valence-corrected chi connectivity index (χ0v) is 16.9. The molecular weight excluding hydrogens is 366 g/mol. The molecule has 1 aromatic rings. The number of anilines is 1. The molecule has 1 rings (SSSR count). The van der Waals surface area contributed by atoms with Gasteiger partial charge in [-0.3, -0.25) is 4.79 Å². The van der Waals surface area contributed by atoms with Gasteiger partial charge in [0.05, 0.1) is 18.0 Å². The maximum absolute atomic E-state index is 12.5. The van der Waals surface area contributed by atoms with Crippen molar-refractivity contribution in [3.8, 4) is 0 Å². The van der Waals surface area contributed by atoms with Crippen LogP contribution in [0.25, 0.3) is 0 Å². The van der Waals surface area contributed by atoms with Crippen LogP contribution in [0.5, 0.6) is 0 Å². The zero-order valence-electron chi connectivity index (χ0n) is 15.3. The van der Waals surface area contributed by atoms with Crippen molar-refractivity contribution in [2.45, 2.75) is 38.1 Å². The predicted molar refractivity (Wildman–Crippen MR) is 102 cm³/mol. The van der Waals surface area contributed by atoms with Crippen LogP contribution in [0.3, 0.4) is 0 Å². The number of hydrogen-bond acceptors (Lipinski definition) is 5. The van der Waals surface area contributed by atoms with Crippen LogP contribution in [0.4, 0.5) is 5.69 Å². The Morgan fingerprint density at radius 3 is 2.44 bits per heavy atom. The summed E-state index contributed by atoms with van der Waals surface area (Å²) >= 11 is 0. The highest BCUT2D eigenvalue weighted by molar-refractivity contribution is 7.89. The number of rotatable bonds is 8. The first-order valence-electron chi connectivity index (χ1n) is 7.70. The quantitative estimate of drug-likeness (QED) is 0.584. The number of carbonyl (C=O) groups is 1. The topological polar surface area (TPSA) is 96.5 Å². The average Bonchev–Trinajstić information content (AvgIpc) is 2.43. The van der Waals surface area contributed by atoms with Gasteiger partial charge in [0.2, 0.25) is 15.9 Å². The highest BCUT2D eigenvalue weighted by Gasteiger charge is 2.24. The van der Waals surface area contributed by atoms with Gasteiger partial charge in [-0.15, -0.1) is 12.4 Å². The molecule has 0 aliphatic carbocycles. The summed E-state index contributed by atoms with van der Waals surface area (Å²) in [7, 11) is -2.08. The second-order valence-corrected chi connectivity index (χ2v) is 8.15. The minimum absolute atomic E-state index is 0. The number of methoxy groups -OCH3 is 1. The van der Waals surface area contributed by atoms with E-state index in [-0.39, 0.29) is 29.8 Å². The summed E-state index contributed by atoms with van der Waals surface area (Å²) in [6.07, 6.45) is 0. The van der Waals surface area contributed by atoms with Gasteiger partial charge in [0.1, 0.15) is 0 Å². The van der Waals surface area contributed by atoms with E-state index in [1.807, 2.05) is 0 Å². The summed E-state index contributed by atoms with van der Waals surface area (Å²) < 4.78 is 32.5. The van der Waals surface area contributed by atoms with Crippen molar-refractivity contribution < 1.29 is 17.9 Å². The lowest BCUT2D eigenvalue weighted by Gasteiger charge is -2.22. The molecule has 0 aromatic heterocycles. The van der Waals surface area contributed by atoms with Crippen molar-refractivity contribution in [2.24, 2.45) is 0 Å². The molecule has 144 valence electrons. The van der Waals surface area contributed by atoms with Crippen LogP contribution in [0.15, 0.2) is 23.1 Å². The summed E-state index contributed by atoms with van der Waals surface area (Å²) in [5, 5.41) is 5.66. The second-order valence-electron chi connectivity index (χ2n) is 6.50. The van der Waals surface area contributed by atoms with Crippen LogP contribution >= 0.6 is 12.4 Å². The third-order valence-corrected chi connectivity index (χ3v) is 4.96. The van der Waals surface area contributed by atoms with E-state index in [0.717, 1.165) is 0 Å². The Hall–Kier alpha value is -1.19. The van der Waals surface area contributed by atoms with Crippen LogP contribution in [-0.4, -0.2) is 46.7 Å². The number of benzene rings is 1. The predicted octanol–water partition coefficient (Wildman–Crippen LogP) is 1.67. The molecule has 0 saturated carbocycles. The normalized spacial score (nSPS) is 11.7. The molecule has 0 heterocycles. The lowest BCUT2D eigenvalue weighted by atomic mass is 10.1. The Labute approximate surface area is 156 Å². The van der Waals surface area contributed by atoms with E-state index in [2.05, 4.69) is 15.4 Å². The smallest absolute Gasteiger partial charge is 0.241 e. The van der Waals surface area contributed by atoms with Crippen molar-refractivity contribution in [3.63, 3.8) is 0 Å². The van der Waals surface area contributed by atoms with Crippen molar-refractivity contribution in [3.05, 3.63) is 23.8 Å². The summed E-state index contributed by atoms with van der Waals surface area (Å²) in [4.78, 5) is 12.1. The molecule has 7 nitrogen and oxygen atoms in total. The molecular formula is C16H28ClN3O4S. The highest BCUT2D eigenvalue weighted by Crippen LogP contribution is 2.24. The van der Waals surface area contributed by atoms with Gasteiger partial charge in [0.15, 0.2) is 0 Å². The third kappa shape index (κ3) is 8.15. The van der Waals surface area contributed by atoms with Gasteiger partial charge in [-0.05, 0) is 45.4 Å². The van der Waals surface area contributed by atoms with Crippen molar-refractivity contribution in [1.82, 2.24) is 10.0 Å². The zero-order chi connectivity index (χ0) is 18.4. The van der Waals surface area contributed by atoms with Gasteiger partial charge in [0.25, 0.3) is 0 Å². The minimum Gasteiger partial charge on any atom is -0.383 e. The van der Waals surface area contributed by atoms with E-state index in [0.29, 0.717) is 24.4 Å². The Balaban J connectivity index is 0.00000576. The van der Waals surface area contributed by atoms with Gasteiger partial charge >= 0.3 is 0 Å². The fourth-order valence-electron chi connectivity index (χ4n) is 2.07. The van der Waals surface area contributed by atoms with Crippen LogP contribution < -0.4 is 15.4 Å². The maximum atomic E-state index is 12.5. The van der Waals surface area contributed by atoms with Gasteiger partial charge in [0, 0.05) is 24.9 Å². The first kappa shape index (κ1) is 23.8. The number of sulfonamides is 1. The largest absolute Gasteiger partial charge is 0.383 e. The SMILES string of the molecule is COCCNCC(=O)Nc1cccc(S(=O)(=O)NC(C)(C)C)c1C.Cl. The Morgan fingerprint density at radius 1 is 1.24 bits per heavy atom. The fraction of sp³-hybridized carbons (Fsp3) is 0.562. The summed E-state index contributed by atoms with van der Waals surface area (Å²) in [5.41, 5.74) is 0.389. The summed E-state index contributed by atoms with van der Waals surface area (Å²) in [5.74, 6) is -0.243. The number of halogens is 1. The van der Waals surface area contributed by atoms with Crippen molar-refractivity contribution in [1.29, 1.82) is 0 Å². The number of amides is 1. The molecule has 1 aromatic carbocycles. The van der Waals surface area contributed by atoms with Gasteiger partial charge in [-0.1, -0.05) is 6.07 Å². The first-order valence-corrected chi connectivity index (χ1v) is 9.18. The average molecular weight is 394 g/mol. The van der Waals surface area contributed by atoms with Crippen LogP contribution in [0, 0.1) is 6.92 Å². The molecule has 25 heavy (non-hydrogen) atoms. The van der Waals surface area contributed by atoms with Gasteiger partial charge in [-0.2, -0.15) is 0 Å². The molecule has 0 atom stereocenters. The van der Waals surface area contributed by atoms with E-state index in [1.54, 1.807) is 46.9 Å². The highest BCUT2D eigenvalue weighted by atomic mass is 35.5. The van der Waals surface area contributed by atoms with Crippen LogP contribution in [0.1, 0.15) is 26.3 Å². The number of carbonyl (C=O) groups excluding carboxylic acids is 1. The lowest BCUT2D eigenvalue weighted by molar-refractivity contribution is -0.115. The number of nitrogens with one attached hydrogen (secondary N) is 3. The molecule has 0 spiro atoms. The maximum Gasteiger partial charge on any atom is 0.241 e. The number of hydrogen-bond donors (Lipinski definition) is 3. The minimum atomic E-state index is -3.66. The molecule has 0 saturated heterocycles. The molecule has 3 N–H and O–H groups in total. The molecule has 0 bridgehead atoms. The molecule has 9 heteroatoms. The van der Waals surface area contributed by atoms with E-state index in [1.165, 1.54) is 6.07 Å². The van der Waals surface area contributed by atoms with Crippen molar-refractivity contribution in [2.75, 3.05) is 32.1 Å². The summed E-state index contributed by atoms with van der Waals surface area (Å²) in [6, 6.07) is 4.81. The van der Waals surface area contributed by atoms with Crippen LogP contribution in [0.2, 0.25) is 0 Å². The first-order chi connectivity index (χ1) is 11.1. The lowest BCUT2D eigenvalue weighted by Crippen LogP contribution is -2.40. The Bertz CT molecular complexity index is 672. The Kier molecular flexibility index (Phi) is 9.60. The van der Waals surface area contributed by atoms with Gasteiger partial charge in [-0.25, -0.2) is 13.1 Å². The fourth-order valence-corrected chi connectivity index (χ4v) is 3.76. The summed E-state index contributed by atoms with van der Waals surface area (Å²) in [6.45, 7) is 8.20. The second kappa shape index (κ2) is 10.1. The van der Waals surface area contributed by atoms with E-state index in [9.17, 15) is 13.2 Å². The molecule has 0 fully saturated rings. The monoisotopic (exact) mass is 393 g/mol. The van der Waals surface area contributed by atoms with E-state index >= 15 is 0 Å². The molecule has 0 aliphatic heterocycles. The molecule has 0 radical (unpaired) electrons. The molecule has 0 aliphatic rings. The van der Waals surface area contributed by atoms with Crippen LogP contribution in [-0.2, 0) is 19.6 Å². The third-order valence-electron chi connectivity index (χ3n) is 3.06. The van der Waals surface area contributed by atoms with E-state index < -0.39 is 15.6 Å². The van der Waals surface area contributed by atoms with Gasteiger partial charge < -0.3 is 15.4 Å². The molecule has 0 unspecified atom stereocenters. The molecule has 1 amide bonds.